The summed E-state index contributed by atoms with van der Waals surface area (Å²) in [5.74, 6) is -1.50. The van der Waals surface area contributed by atoms with Gasteiger partial charge in [0.05, 0.1) is 0 Å². The lowest BCUT2D eigenvalue weighted by atomic mass is 9.73. The van der Waals surface area contributed by atoms with E-state index in [1.165, 1.54) is 0 Å². The summed E-state index contributed by atoms with van der Waals surface area (Å²) in [6, 6.07) is 0. The van der Waals surface area contributed by atoms with Gasteiger partial charge >= 0.3 is 13.1 Å². The molecular formula is C5H10BNO4. The molecule has 5 nitrogen and oxygen atoms in total. The normalized spacial score (nSPS) is 32.0. The minimum Gasteiger partial charge on any atom is -0.479 e. The molecule has 4 N–H and O–H groups in total. The van der Waals surface area contributed by atoms with E-state index in [4.69, 9.17) is 20.5 Å². The van der Waals surface area contributed by atoms with E-state index in [1.54, 1.807) is 0 Å². The van der Waals surface area contributed by atoms with Crippen LogP contribution in [-0.2, 0) is 9.45 Å². The summed E-state index contributed by atoms with van der Waals surface area (Å²) in [5, 5.41) is 17.5. The van der Waals surface area contributed by atoms with Gasteiger partial charge in [-0.15, -0.1) is 0 Å². The van der Waals surface area contributed by atoms with Crippen LogP contribution < -0.4 is 5.73 Å². The molecule has 0 radical (unpaired) electrons. The topological polar surface area (TPSA) is 92.8 Å². The van der Waals surface area contributed by atoms with Crippen LogP contribution in [0.5, 0.6) is 0 Å². The van der Waals surface area contributed by atoms with E-state index in [-0.39, 0.29) is 0 Å². The van der Waals surface area contributed by atoms with Crippen molar-refractivity contribution in [2.24, 2.45) is 5.73 Å². The molecule has 62 valence electrons. The lowest BCUT2D eigenvalue weighted by Gasteiger charge is -2.25. The van der Waals surface area contributed by atoms with Gasteiger partial charge in [0.1, 0.15) is 6.10 Å². The minimum atomic E-state index is -1.13. The van der Waals surface area contributed by atoms with E-state index in [9.17, 15) is 4.79 Å². The fraction of sp³-hybridized carbons (Fsp3) is 0.800. The number of rotatable bonds is 1. The molecule has 2 atom stereocenters. The smallest absolute Gasteiger partial charge is 0.472 e. The van der Waals surface area contributed by atoms with Gasteiger partial charge in [-0.25, -0.2) is 4.79 Å². The summed E-state index contributed by atoms with van der Waals surface area (Å²) in [4.78, 5) is 10.3. The van der Waals surface area contributed by atoms with E-state index in [1.807, 2.05) is 0 Å². The van der Waals surface area contributed by atoms with Crippen molar-refractivity contribution >= 4 is 13.1 Å². The largest absolute Gasteiger partial charge is 0.479 e. The van der Waals surface area contributed by atoms with E-state index in [2.05, 4.69) is 0 Å². The molecule has 0 aliphatic carbocycles. The maximum absolute atomic E-state index is 10.3. The Morgan fingerprint density at radius 2 is 2.27 bits per heavy atom. The molecule has 11 heavy (non-hydrogen) atoms. The third kappa shape index (κ3) is 1.92. The zero-order valence-corrected chi connectivity index (χ0v) is 5.93. The molecule has 0 amide bonds. The highest BCUT2D eigenvalue weighted by Gasteiger charge is 2.35. The number of hydrogen-bond donors (Lipinski definition) is 3. The van der Waals surface area contributed by atoms with Crippen LogP contribution in [0, 0.1) is 0 Å². The molecule has 1 heterocycles. The zero-order valence-electron chi connectivity index (χ0n) is 5.93. The number of aliphatic carboxylic acids is 1. The van der Waals surface area contributed by atoms with Gasteiger partial charge in [-0.3, -0.25) is 0 Å². The first-order chi connectivity index (χ1) is 5.11. The molecular weight excluding hydrogens is 149 g/mol. The summed E-state index contributed by atoms with van der Waals surface area (Å²) in [5.41, 5.74) is 5.37. The average Bonchev–Trinajstić information content (AvgIpc) is 1.94. The summed E-state index contributed by atoms with van der Waals surface area (Å²) >= 11 is 0. The SMILES string of the molecule is N[C@H]1CC[C@H](C(=O)O)OB1O. The number of hydrogen-bond acceptors (Lipinski definition) is 4. The second kappa shape index (κ2) is 3.21. The Kier molecular flexibility index (Phi) is 2.48. The highest BCUT2D eigenvalue weighted by atomic mass is 16.5. The van der Waals surface area contributed by atoms with Gasteiger partial charge in [0.25, 0.3) is 0 Å². The van der Waals surface area contributed by atoms with E-state index in [0.29, 0.717) is 12.8 Å². The monoisotopic (exact) mass is 159 g/mol. The molecule has 1 saturated heterocycles. The molecule has 1 aliphatic rings. The zero-order chi connectivity index (χ0) is 8.43. The van der Waals surface area contributed by atoms with Crippen LogP contribution >= 0.6 is 0 Å². The Morgan fingerprint density at radius 1 is 1.64 bits per heavy atom. The van der Waals surface area contributed by atoms with Crippen LogP contribution in [0.2, 0.25) is 0 Å². The number of carboxylic acids is 1. The number of nitrogens with two attached hydrogens (primary N) is 1. The molecule has 1 rings (SSSR count). The van der Waals surface area contributed by atoms with Crippen LogP contribution in [0.1, 0.15) is 12.8 Å². The van der Waals surface area contributed by atoms with Gasteiger partial charge in [0.2, 0.25) is 0 Å². The van der Waals surface area contributed by atoms with Crippen LogP contribution in [0.4, 0.5) is 0 Å². The first kappa shape index (κ1) is 8.51. The number of carboxylic acid groups (broad SMARTS) is 1. The molecule has 0 aromatic carbocycles. The molecule has 1 aliphatic heterocycles. The lowest BCUT2D eigenvalue weighted by Crippen LogP contribution is -2.50. The van der Waals surface area contributed by atoms with Crippen molar-refractivity contribution in [3.05, 3.63) is 0 Å². The molecule has 0 aromatic heterocycles. The van der Waals surface area contributed by atoms with Gasteiger partial charge in [-0.2, -0.15) is 0 Å². The minimum absolute atomic E-state index is 0.369. The van der Waals surface area contributed by atoms with E-state index < -0.39 is 25.1 Å². The Balaban J connectivity index is 2.46. The predicted molar refractivity (Wildman–Crippen MR) is 37.7 cm³/mol. The summed E-state index contributed by atoms with van der Waals surface area (Å²) < 4.78 is 4.69. The van der Waals surface area contributed by atoms with Crippen molar-refractivity contribution in [1.29, 1.82) is 0 Å². The quantitative estimate of drug-likeness (QED) is 0.409. The molecule has 0 aromatic rings. The summed E-state index contributed by atoms with van der Waals surface area (Å²) in [6.45, 7) is 0. The van der Waals surface area contributed by atoms with Gasteiger partial charge in [-0.1, -0.05) is 0 Å². The molecule has 1 fully saturated rings. The standard InChI is InChI=1S/C5H10BNO4/c7-4-2-1-3(5(8)9)11-6(4)10/h3-4,10H,1-2,7H2,(H,8,9)/t3-,4+/m1/s1. The predicted octanol–water partition coefficient (Wildman–Crippen LogP) is -1.40. The molecule has 0 spiro atoms. The van der Waals surface area contributed by atoms with Crippen molar-refractivity contribution in [3.63, 3.8) is 0 Å². The van der Waals surface area contributed by atoms with Gasteiger partial charge < -0.3 is 20.5 Å². The van der Waals surface area contributed by atoms with Crippen molar-refractivity contribution in [3.8, 4) is 0 Å². The van der Waals surface area contributed by atoms with Crippen molar-refractivity contribution < 1.29 is 19.6 Å². The number of carbonyl (C=O) groups is 1. The van der Waals surface area contributed by atoms with Crippen molar-refractivity contribution in [2.45, 2.75) is 24.9 Å². The van der Waals surface area contributed by atoms with Crippen molar-refractivity contribution in [1.82, 2.24) is 0 Å². The fourth-order valence-corrected chi connectivity index (χ4v) is 1.01. The first-order valence-electron chi connectivity index (χ1n) is 3.43. The Morgan fingerprint density at radius 3 is 2.73 bits per heavy atom. The van der Waals surface area contributed by atoms with Crippen molar-refractivity contribution in [2.75, 3.05) is 0 Å². The van der Waals surface area contributed by atoms with E-state index in [0.717, 1.165) is 0 Å². The van der Waals surface area contributed by atoms with Crippen LogP contribution in [0.3, 0.4) is 0 Å². The average molecular weight is 159 g/mol. The third-order valence-electron chi connectivity index (χ3n) is 1.71. The maximum atomic E-state index is 10.3. The highest BCUT2D eigenvalue weighted by Crippen LogP contribution is 2.14. The summed E-state index contributed by atoms with van der Waals surface area (Å²) in [7, 11) is -1.13. The lowest BCUT2D eigenvalue weighted by molar-refractivity contribution is -0.147. The maximum Gasteiger partial charge on any atom is 0.472 e. The first-order valence-corrected chi connectivity index (χ1v) is 3.43. The summed E-state index contributed by atoms with van der Waals surface area (Å²) in [6.07, 6.45) is -0.0455. The van der Waals surface area contributed by atoms with Crippen LogP contribution in [0.15, 0.2) is 0 Å². The van der Waals surface area contributed by atoms with Gasteiger partial charge in [-0.05, 0) is 12.8 Å². The Hall–Kier alpha value is -0.585. The molecule has 0 saturated carbocycles. The molecule has 0 bridgehead atoms. The molecule has 0 unspecified atom stereocenters. The van der Waals surface area contributed by atoms with E-state index >= 15 is 0 Å². The second-order valence-electron chi connectivity index (χ2n) is 2.59. The van der Waals surface area contributed by atoms with Crippen LogP contribution in [0.25, 0.3) is 0 Å². The van der Waals surface area contributed by atoms with Gasteiger partial charge in [0, 0.05) is 5.94 Å². The Labute approximate surface area is 64.3 Å². The van der Waals surface area contributed by atoms with Gasteiger partial charge in [0.15, 0.2) is 0 Å². The highest BCUT2D eigenvalue weighted by molar-refractivity contribution is 6.45. The second-order valence-corrected chi connectivity index (χ2v) is 2.59. The third-order valence-corrected chi connectivity index (χ3v) is 1.71. The Bertz CT molecular complexity index is 165. The van der Waals surface area contributed by atoms with Crippen LogP contribution in [-0.4, -0.2) is 35.3 Å². The fourth-order valence-electron chi connectivity index (χ4n) is 1.01. The molecule has 6 heteroatoms.